The lowest BCUT2D eigenvalue weighted by atomic mass is 10.0. The van der Waals surface area contributed by atoms with Crippen LogP contribution in [0.3, 0.4) is 0 Å². The molecule has 206 valence electrons. The van der Waals surface area contributed by atoms with Crippen molar-refractivity contribution < 1.29 is 29.4 Å². The van der Waals surface area contributed by atoms with Crippen LogP contribution in [0, 0.1) is 5.92 Å². The maximum absolute atomic E-state index is 13.0. The topological polar surface area (TPSA) is 300 Å². The molecule has 0 bridgehead atoms. The lowest BCUT2D eigenvalue weighted by molar-refractivity contribution is -0.142. The summed E-state index contributed by atoms with van der Waals surface area (Å²) in [7, 11) is 0. The molecule has 0 aromatic carbocycles. The van der Waals surface area contributed by atoms with Crippen molar-refractivity contribution in [2.45, 2.75) is 63.7 Å². The van der Waals surface area contributed by atoms with Gasteiger partial charge in [-0.2, -0.15) is 0 Å². The quantitative estimate of drug-likeness (QED) is 0.0500. The van der Waals surface area contributed by atoms with Crippen LogP contribution in [0.5, 0.6) is 0 Å². The van der Waals surface area contributed by atoms with Crippen molar-refractivity contribution in [2.24, 2.45) is 44.6 Å². The monoisotopic (exact) mass is 516 g/mol. The molecule has 16 nitrogen and oxygen atoms in total. The number of aliphatic hydroxyl groups excluding tert-OH is 1. The van der Waals surface area contributed by atoms with E-state index in [1.54, 1.807) is 13.8 Å². The number of carbonyl (C=O) groups is 4. The number of hydrogen-bond donors (Lipinski definition) is 10. The molecule has 0 aromatic rings. The van der Waals surface area contributed by atoms with Crippen LogP contribution in [-0.2, 0) is 19.2 Å². The Labute approximate surface area is 209 Å². The second-order valence-corrected chi connectivity index (χ2v) is 8.38. The second kappa shape index (κ2) is 16.9. The van der Waals surface area contributed by atoms with E-state index in [2.05, 4.69) is 25.9 Å². The third-order valence-electron chi connectivity index (χ3n) is 4.92. The molecular weight excluding hydrogens is 476 g/mol. The molecule has 0 rings (SSSR count). The SMILES string of the molecule is CC(C)C(NC(=O)C(CCCN=C(N)N)NC(=O)C(N)CO)C(=O)NC(CCCN=C(N)N)C(=O)O. The van der Waals surface area contributed by atoms with Crippen molar-refractivity contribution >= 4 is 35.6 Å². The summed E-state index contributed by atoms with van der Waals surface area (Å²) in [6.45, 7) is 3.05. The zero-order valence-electron chi connectivity index (χ0n) is 20.6. The Kier molecular flexibility index (Phi) is 15.2. The van der Waals surface area contributed by atoms with Gasteiger partial charge in [0, 0.05) is 13.1 Å². The largest absolute Gasteiger partial charge is 0.480 e. The number of aliphatic imine (C=N–C) groups is 2. The molecule has 4 atom stereocenters. The molecule has 0 aliphatic rings. The van der Waals surface area contributed by atoms with Gasteiger partial charge in [0.15, 0.2) is 11.9 Å². The molecule has 4 unspecified atom stereocenters. The van der Waals surface area contributed by atoms with E-state index in [0.29, 0.717) is 12.8 Å². The maximum atomic E-state index is 13.0. The number of guanidine groups is 2. The van der Waals surface area contributed by atoms with Crippen LogP contribution in [0.25, 0.3) is 0 Å². The summed E-state index contributed by atoms with van der Waals surface area (Å²) in [6, 6.07) is -4.71. The highest BCUT2D eigenvalue weighted by atomic mass is 16.4. The van der Waals surface area contributed by atoms with Gasteiger partial charge in [0.05, 0.1) is 6.61 Å². The van der Waals surface area contributed by atoms with Gasteiger partial charge >= 0.3 is 5.97 Å². The van der Waals surface area contributed by atoms with Crippen molar-refractivity contribution in [3.8, 4) is 0 Å². The standard InChI is InChI=1S/C20H40N10O6/c1-10(2)14(17(34)29-13(18(35)36)6-4-8-27-20(24)25)30-16(33)12(5-3-7-26-19(22)23)28-15(32)11(21)9-31/h10-14,31H,3-9,21H2,1-2H3,(H,28,32)(H,29,34)(H,30,33)(H,35,36)(H4,22,23,26)(H4,24,25,27). The Bertz CT molecular complexity index is 796. The predicted octanol–water partition coefficient (Wildman–Crippen LogP) is -4.39. The minimum absolute atomic E-state index is 0.0547. The maximum Gasteiger partial charge on any atom is 0.326 e. The first-order valence-electron chi connectivity index (χ1n) is 11.4. The first-order chi connectivity index (χ1) is 16.8. The number of aliphatic hydroxyl groups is 1. The summed E-state index contributed by atoms with van der Waals surface area (Å²) in [6.07, 6.45) is 0.754. The van der Waals surface area contributed by atoms with E-state index in [-0.39, 0.29) is 37.9 Å². The summed E-state index contributed by atoms with van der Waals surface area (Å²) < 4.78 is 0. The normalized spacial score (nSPS) is 14.0. The molecule has 3 amide bonds. The van der Waals surface area contributed by atoms with Crippen molar-refractivity contribution in [3.05, 3.63) is 0 Å². The molecule has 0 fully saturated rings. The van der Waals surface area contributed by atoms with Crippen molar-refractivity contribution in [3.63, 3.8) is 0 Å². The Morgan fingerprint density at radius 1 is 0.778 bits per heavy atom. The predicted molar refractivity (Wildman–Crippen MR) is 133 cm³/mol. The summed E-state index contributed by atoms with van der Waals surface area (Å²) in [5, 5.41) is 26.0. The van der Waals surface area contributed by atoms with Gasteiger partial charge in [0.1, 0.15) is 24.2 Å². The molecular formula is C20H40N10O6. The van der Waals surface area contributed by atoms with Crippen LogP contribution in [0.1, 0.15) is 39.5 Å². The Hall–Kier alpha value is -3.66. The van der Waals surface area contributed by atoms with E-state index in [1.807, 2.05) is 0 Å². The summed E-state index contributed by atoms with van der Waals surface area (Å²) >= 11 is 0. The molecule has 0 saturated heterocycles. The van der Waals surface area contributed by atoms with Gasteiger partial charge in [-0.05, 0) is 31.6 Å². The van der Waals surface area contributed by atoms with Crippen LogP contribution in [0.2, 0.25) is 0 Å². The van der Waals surface area contributed by atoms with E-state index >= 15 is 0 Å². The van der Waals surface area contributed by atoms with Gasteiger partial charge < -0.3 is 54.8 Å². The zero-order chi connectivity index (χ0) is 27.8. The van der Waals surface area contributed by atoms with E-state index in [9.17, 15) is 24.3 Å². The number of aliphatic carboxylic acids is 1. The second-order valence-electron chi connectivity index (χ2n) is 8.38. The molecule has 0 saturated carbocycles. The lowest BCUT2D eigenvalue weighted by Crippen LogP contribution is -2.58. The average Bonchev–Trinajstić information content (AvgIpc) is 2.79. The Morgan fingerprint density at radius 3 is 1.67 bits per heavy atom. The molecule has 15 N–H and O–H groups in total. The number of carboxylic acid groups (broad SMARTS) is 1. The summed E-state index contributed by atoms with van der Waals surface area (Å²) in [4.78, 5) is 57.2. The van der Waals surface area contributed by atoms with Crippen LogP contribution in [0.4, 0.5) is 0 Å². The molecule has 0 radical (unpaired) electrons. The van der Waals surface area contributed by atoms with Gasteiger partial charge in [-0.3, -0.25) is 24.4 Å². The highest BCUT2D eigenvalue weighted by Crippen LogP contribution is 2.07. The summed E-state index contributed by atoms with van der Waals surface area (Å²) in [5.74, 6) is -4.14. The van der Waals surface area contributed by atoms with Crippen molar-refractivity contribution in [1.29, 1.82) is 0 Å². The molecule has 36 heavy (non-hydrogen) atoms. The van der Waals surface area contributed by atoms with Crippen molar-refractivity contribution in [2.75, 3.05) is 19.7 Å². The first-order valence-corrected chi connectivity index (χ1v) is 11.4. The number of carbonyl (C=O) groups excluding carboxylic acids is 3. The fourth-order valence-corrected chi connectivity index (χ4v) is 2.95. The van der Waals surface area contributed by atoms with Crippen LogP contribution in [-0.4, -0.2) is 89.7 Å². The highest BCUT2D eigenvalue weighted by Gasteiger charge is 2.31. The Balaban J connectivity index is 5.41. The minimum Gasteiger partial charge on any atom is -0.480 e. The van der Waals surface area contributed by atoms with Crippen LogP contribution in [0.15, 0.2) is 9.98 Å². The number of amides is 3. The molecule has 16 heteroatoms. The fraction of sp³-hybridized carbons (Fsp3) is 0.700. The van der Waals surface area contributed by atoms with E-state index in [0.717, 1.165) is 0 Å². The number of hydrogen-bond acceptors (Lipinski definition) is 8. The van der Waals surface area contributed by atoms with Crippen LogP contribution >= 0.6 is 0 Å². The molecule has 0 heterocycles. The van der Waals surface area contributed by atoms with Gasteiger partial charge in [-0.15, -0.1) is 0 Å². The third kappa shape index (κ3) is 13.3. The smallest absolute Gasteiger partial charge is 0.326 e. The van der Waals surface area contributed by atoms with E-state index < -0.39 is 60.4 Å². The molecule has 0 spiro atoms. The minimum atomic E-state index is -1.26. The molecule has 0 aromatic heterocycles. The molecule has 0 aliphatic carbocycles. The fourth-order valence-electron chi connectivity index (χ4n) is 2.95. The average molecular weight is 517 g/mol. The molecule has 0 aliphatic heterocycles. The van der Waals surface area contributed by atoms with Gasteiger partial charge in [0.2, 0.25) is 17.7 Å². The third-order valence-corrected chi connectivity index (χ3v) is 4.92. The summed E-state index contributed by atoms with van der Waals surface area (Å²) in [5.41, 5.74) is 26.6. The lowest BCUT2D eigenvalue weighted by Gasteiger charge is -2.27. The number of nitrogens with two attached hydrogens (primary N) is 5. The number of nitrogens with zero attached hydrogens (tertiary/aromatic N) is 2. The Morgan fingerprint density at radius 2 is 1.25 bits per heavy atom. The number of carboxylic acids is 1. The highest BCUT2D eigenvalue weighted by molar-refractivity contribution is 5.94. The van der Waals surface area contributed by atoms with Crippen molar-refractivity contribution in [1.82, 2.24) is 16.0 Å². The zero-order valence-corrected chi connectivity index (χ0v) is 20.6. The number of nitrogens with one attached hydrogen (secondary N) is 3. The first kappa shape index (κ1) is 32.3. The van der Waals surface area contributed by atoms with E-state index in [4.69, 9.17) is 33.8 Å². The van der Waals surface area contributed by atoms with Gasteiger partial charge in [0.25, 0.3) is 0 Å². The van der Waals surface area contributed by atoms with Crippen LogP contribution < -0.4 is 44.6 Å². The van der Waals surface area contributed by atoms with Gasteiger partial charge in [-0.25, -0.2) is 4.79 Å². The van der Waals surface area contributed by atoms with Gasteiger partial charge in [-0.1, -0.05) is 13.8 Å². The van der Waals surface area contributed by atoms with E-state index in [1.165, 1.54) is 0 Å². The number of rotatable bonds is 17.